The van der Waals surface area contributed by atoms with Crippen molar-refractivity contribution in [2.75, 3.05) is 44.2 Å². The predicted octanol–water partition coefficient (Wildman–Crippen LogP) is 4.35. The second-order valence-corrected chi connectivity index (χ2v) is 11.4. The van der Waals surface area contributed by atoms with Crippen LogP contribution in [0.5, 0.6) is 0 Å². The molecule has 0 bridgehead atoms. The van der Waals surface area contributed by atoms with E-state index in [2.05, 4.69) is 11.8 Å². The zero-order chi connectivity index (χ0) is 23.7. The summed E-state index contributed by atoms with van der Waals surface area (Å²) in [5, 5.41) is 0. The maximum atomic E-state index is 13.1. The van der Waals surface area contributed by atoms with E-state index in [-0.39, 0.29) is 34.9 Å². The number of ether oxygens (including phenoxy) is 2. The van der Waals surface area contributed by atoms with Gasteiger partial charge in [0.1, 0.15) is 6.10 Å². The van der Waals surface area contributed by atoms with Gasteiger partial charge < -0.3 is 14.4 Å². The first-order valence-electron chi connectivity index (χ1n) is 12.7. The third kappa shape index (κ3) is 3.81. The average Bonchev–Trinajstić information content (AvgIpc) is 3.50. The average molecular weight is 479 g/mol. The van der Waals surface area contributed by atoms with E-state index in [1.54, 1.807) is 6.07 Å². The number of piperazine rings is 1. The Morgan fingerprint density at radius 1 is 1.15 bits per heavy atom. The maximum Gasteiger partial charge on any atom is 0.416 e. The lowest BCUT2D eigenvalue weighted by molar-refractivity contribution is -0.147. The van der Waals surface area contributed by atoms with Gasteiger partial charge in [-0.15, -0.1) is 0 Å². The van der Waals surface area contributed by atoms with Gasteiger partial charge in [0.15, 0.2) is 0 Å². The molecule has 5 fully saturated rings. The first-order chi connectivity index (χ1) is 16.2. The van der Waals surface area contributed by atoms with Gasteiger partial charge >= 0.3 is 12.1 Å². The van der Waals surface area contributed by atoms with E-state index < -0.39 is 11.7 Å². The Balaban J connectivity index is 1.10. The summed E-state index contributed by atoms with van der Waals surface area (Å²) in [5.74, 6) is 0.562. The van der Waals surface area contributed by atoms with Crippen molar-refractivity contribution in [2.45, 2.75) is 56.9 Å². The summed E-state index contributed by atoms with van der Waals surface area (Å²) in [7, 11) is 0. The van der Waals surface area contributed by atoms with Gasteiger partial charge in [-0.3, -0.25) is 9.69 Å². The third-order valence-electron chi connectivity index (χ3n) is 9.45. The van der Waals surface area contributed by atoms with E-state index in [0.29, 0.717) is 31.2 Å². The van der Waals surface area contributed by atoms with Crippen LogP contribution >= 0.6 is 0 Å². The molecule has 0 amide bonds. The summed E-state index contributed by atoms with van der Waals surface area (Å²) in [4.78, 5) is 17.2. The topological polar surface area (TPSA) is 45.3 Å². The van der Waals surface area contributed by atoms with Gasteiger partial charge in [0.05, 0.1) is 23.7 Å². The number of epoxide rings is 1. The van der Waals surface area contributed by atoms with Gasteiger partial charge in [0, 0.05) is 44.3 Å². The van der Waals surface area contributed by atoms with Crippen LogP contribution in [-0.2, 0) is 20.4 Å². The number of carbonyl (C=O) groups excluding carboxylic acids is 1. The van der Waals surface area contributed by atoms with E-state index in [9.17, 15) is 18.0 Å². The molecule has 0 N–H and O–H groups in total. The lowest BCUT2D eigenvalue weighted by atomic mass is 9.53. The Morgan fingerprint density at radius 2 is 1.91 bits per heavy atom. The highest BCUT2D eigenvalue weighted by atomic mass is 19.4. The summed E-state index contributed by atoms with van der Waals surface area (Å²) in [6.07, 6.45) is 1.14. The standard InChI is InChI=1S/C26H33F3N2O3/c1-24-6-3-7-25(16-33-25)22(24)13-19-20(23(32)34-21(19)14-24)15-30-8-10-31(11-9-30)18-5-2-4-17(12-18)26(27,28)29/h2,4-5,12,19-22H,3,6-11,13-16H2,1H3/t19-,20-,21-,22-,24-,25+/m1/s1. The number of fused-ring (bicyclic) bond motifs is 3. The van der Waals surface area contributed by atoms with Crippen molar-refractivity contribution < 1.29 is 27.4 Å². The summed E-state index contributed by atoms with van der Waals surface area (Å²) in [6, 6.07) is 5.55. The third-order valence-corrected chi connectivity index (χ3v) is 9.45. The first-order valence-corrected chi connectivity index (χ1v) is 12.7. The van der Waals surface area contributed by atoms with Crippen molar-refractivity contribution in [2.24, 2.45) is 23.2 Å². The molecule has 1 aromatic carbocycles. The number of benzene rings is 1. The predicted molar refractivity (Wildman–Crippen MR) is 120 cm³/mol. The van der Waals surface area contributed by atoms with Crippen LogP contribution in [0.3, 0.4) is 0 Å². The fourth-order valence-corrected chi connectivity index (χ4v) is 7.51. The minimum Gasteiger partial charge on any atom is -0.462 e. The van der Waals surface area contributed by atoms with Crippen molar-refractivity contribution in [1.82, 2.24) is 4.90 Å². The lowest BCUT2D eigenvalue weighted by Gasteiger charge is -2.51. The Bertz CT molecular complexity index is 957. The largest absolute Gasteiger partial charge is 0.462 e. The molecule has 6 rings (SSSR count). The van der Waals surface area contributed by atoms with Gasteiger partial charge in [-0.05, 0) is 61.6 Å². The molecule has 1 spiro atoms. The molecule has 3 saturated heterocycles. The van der Waals surface area contributed by atoms with Crippen LogP contribution in [-0.4, -0.2) is 61.9 Å². The number of carbonyl (C=O) groups is 1. The zero-order valence-corrected chi connectivity index (χ0v) is 19.7. The van der Waals surface area contributed by atoms with Crippen molar-refractivity contribution in [1.29, 1.82) is 0 Å². The molecule has 1 aromatic rings. The van der Waals surface area contributed by atoms with E-state index in [1.807, 2.05) is 4.90 Å². The van der Waals surface area contributed by atoms with Crippen molar-refractivity contribution in [3.05, 3.63) is 29.8 Å². The summed E-state index contributed by atoms with van der Waals surface area (Å²) in [5.41, 5.74) is 0.233. The number of hydrogen-bond donors (Lipinski definition) is 0. The molecular weight excluding hydrogens is 445 g/mol. The molecule has 5 aliphatic rings. The maximum absolute atomic E-state index is 13.1. The quantitative estimate of drug-likeness (QED) is 0.477. The monoisotopic (exact) mass is 478 g/mol. The minimum atomic E-state index is -4.34. The minimum absolute atomic E-state index is 0.0130. The van der Waals surface area contributed by atoms with Crippen LogP contribution in [0.1, 0.15) is 44.6 Å². The highest BCUT2D eigenvalue weighted by Gasteiger charge is 2.65. The van der Waals surface area contributed by atoms with Crippen molar-refractivity contribution in [3.8, 4) is 0 Å². The fraction of sp³-hybridized carbons (Fsp3) is 0.731. The molecule has 186 valence electrons. The van der Waals surface area contributed by atoms with Crippen molar-refractivity contribution in [3.63, 3.8) is 0 Å². The van der Waals surface area contributed by atoms with Crippen LogP contribution in [0.25, 0.3) is 0 Å². The summed E-state index contributed by atoms with van der Waals surface area (Å²) in [6.45, 7) is 6.65. The number of alkyl halides is 3. The Hall–Kier alpha value is -1.80. The second kappa shape index (κ2) is 7.85. The molecule has 0 unspecified atom stereocenters. The van der Waals surface area contributed by atoms with Gasteiger partial charge in [-0.1, -0.05) is 13.0 Å². The molecule has 3 aliphatic heterocycles. The highest BCUT2D eigenvalue weighted by Crippen LogP contribution is 2.62. The molecule has 5 nitrogen and oxygen atoms in total. The summed E-state index contributed by atoms with van der Waals surface area (Å²) >= 11 is 0. The van der Waals surface area contributed by atoms with E-state index in [1.165, 1.54) is 25.0 Å². The smallest absolute Gasteiger partial charge is 0.416 e. The Morgan fingerprint density at radius 3 is 2.62 bits per heavy atom. The summed E-state index contributed by atoms with van der Waals surface area (Å²) < 4.78 is 51.2. The van der Waals surface area contributed by atoms with Gasteiger partial charge in [-0.25, -0.2) is 0 Å². The molecule has 6 atom stereocenters. The second-order valence-electron chi connectivity index (χ2n) is 11.4. The lowest BCUT2D eigenvalue weighted by Crippen LogP contribution is -2.52. The Labute approximate surface area is 198 Å². The molecule has 2 saturated carbocycles. The number of halogens is 3. The fourth-order valence-electron chi connectivity index (χ4n) is 7.51. The molecule has 2 aliphatic carbocycles. The van der Waals surface area contributed by atoms with Gasteiger partial charge in [0.25, 0.3) is 0 Å². The van der Waals surface area contributed by atoms with E-state index in [4.69, 9.17) is 9.47 Å². The van der Waals surface area contributed by atoms with E-state index >= 15 is 0 Å². The van der Waals surface area contributed by atoms with E-state index in [0.717, 1.165) is 45.0 Å². The number of hydrogen-bond acceptors (Lipinski definition) is 5. The highest BCUT2D eigenvalue weighted by molar-refractivity contribution is 5.75. The first kappa shape index (κ1) is 22.7. The number of nitrogens with zero attached hydrogens (tertiary/aromatic N) is 2. The normalized spacial score (nSPS) is 40.1. The van der Waals surface area contributed by atoms with Crippen LogP contribution in [0, 0.1) is 23.2 Å². The molecule has 3 heterocycles. The SMILES string of the molecule is C[C@]12CCC[C@]3(CO3)[C@@H]1C[C@H]1[C@@H](C2)OC(=O)[C@@H]1CN1CCN(c2cccc(C(F)(F)F)c2)CC1. The molecule has 0 radical (unpaired) electrons. The van der Waals surface area contributed by atoms with Crippen molar-refractivity contribution >= 4 is 11.7 Å². The molecular formula is C26H33F3N2O3. The number of rotatable bonds is 3. The van der Waals surface area contributed by atoms with Gasteiger partial charge in [-0.2, -0.15) is 13.2 Å². The zero-order valence-electron chi connectivity index (χ0n) is 19.7. The van der Waals surface area contributed by atoms with Crippen LogP contribution in [0.15, 0.2) is 24.3 Å². The molecule has 34 heavy (non-hydrogen) atoms. The van der Waals surface area contributed by atoms with Crippen LogP contribution in [0.4, 0.5) is 18.9 Å². The number of anilines is 1. The molecule has 8 heteroatoms. The number of esters is 1. The Kier molecular flexibility index (Phi) is 5.23. The van der Waals surface area contributed by atoms with Gasteiger partial charge in [0.2, 0.25) is 0 Å². The van der Waals surface area contributed by atoms with Crippen LogP contribution < -0.4 is 4.90 Å². The van der Waals surface area contributed by atoms with Crippen LogP contribution in [0.2, 0.25) is 0 Å². The molecule has 0 aromatic heterocycles.